The third-order valence-electron chi connectivity index (χ3n) is 2.84. The molecule has 2 nitrogen and oxygen atoms in total. The van der Waals surface area contributed by atoms with E-state index in [2.05, 4.69) is 6.58 Å². The predicted molar refractivity (Wildman–Crippen MR) is 71.5 cm³/mol. The van der Waals surface area contributed by atoms with Gasteiger partial charge < -0.3 is 10.2 Å². The second-order valence-corrected chi connectivity index (χ2v) is 4.21. The van der Waals surface area contributed by atoms with Crippen molar-refractivity contribution in [2.45, 2.75) is 25.6 Å². The molecule has 0 saturated heterocycles. The van der Waals surface area contributed by atoms with Crippen LogP contribution in [0.1, 0.15) is 18.9 Å². The molecule has 0 saturated carbocycles. The SMILES string of the molecule is C=CC[C@@H](O)[C@@H](C)[C@@H](O)/C=C/c1ccccc1. The van der Waals surface area contributed by atoms with E-state index in [0.29, 0.717) is 6.42 Å². The first-order chi connectivity index (χ1) is 8.15. The van der Waals surface area contributed by atoms with E-state index in [1.807, 2.05) is 43.3 Å². The molecule has 0 aliphatic rings. The first kappa shape index (κ1) is 13.7. The molecule has 0 amide bonds. The summed E-state index contributed by atoms with van der Waals surface area (Å²) in [6, 6.07) is 9.77. The highest BCUT2D eigenvalue weighted by Crippen LogP contribution is 2.14. The van der Waals surface area contributed by atoms with Gasteiger partial charge in [-0.15, -0.1) is 6.58 Å². The van der Waals surface area contributed by atoms with Crippen LogP contribution in [0.4, 0.5) is 0 Å². The van der Waals surface area contributed by atoms with E-state index in [-0.39, 0.29) is 5.92 Å². The summed E-state index contributed by atoms with van der Waals surface area (Å²) in [6.45, 7) is 5.40. The number of benzene rings is 1. The Morgan fingerprint density at radius 3 is 2.47 bits per heavy atom. The van der Waals surface area contributed by atoms with Crippen molar-refractivity contribution in [1.29, 1.82) is 0 Å². The van der Waals surface area contributed by atoms with E-state index < -0.39 is 12.2 Å². The largest absolute Gasteiger partial charge is 0.392 e. The van der Waals surface area contributed by atoms with Gasteiger partial charge in [-0.2, -0.15) is 0 Å². The van der Waals surface area contributed by atoms with Crippen LogP contribution in [0.3, 0.4) is 0 Å². The molecular formula is C15H20O2. The first-order valence-corrected chi connectivity index (χ1v) is 5.85. The summed E-state index contributed by atoms with van der Waals surface area (Å²) in [5, 5.41) is 19.6. The average molecular weight is 232 g/mol. The number of hydrogen-bond acceptors (Lipinski definition) is 2. The maximum Gasteiger partial charge on any atom is 0.0774 e. The maximum absolute atomic E-state index is 9.89. The standard InChI is InChI=1S/C15H20O2/c1-3-7-14(16)12(2)15(17)11-10-13-8-5-4-6-9-13/h3-6,8-12,14-17H,1,7H2,2H3/b11-10+/t12-,14-,15+/m1/s1. The van der Waals surface area contributed by atoms with Crippen LogP contribution in [-0.2, 0) is 0 Å². The molecule has 0 radical (unpaired) electrons. The maximum atomic E-state index is 9.89. The number of hydrogen-bond donors (Lipinski definition) is 2. The fraction of sp³-hybridized carbons (Fsp3) is 0.333. The van der Waals surface area contributed by atoms with Gasteiger partial charge in [0.15, 0.2) is 0 Å². The van der Waals surface area contributed by atoms with Gasteiger partial charge in [0.1, 0.15) is 0 Å². The molecule has 17 heavy (non-hydrogen) atoms. The lowest BCUT2D eigenvalue weighted by Gasteiger charge is -2.20. The second kappa shape index (κ2) is 7.05. The van der Waals surface area contributed by atoms with Gasteiger partial charge in [0.25, 0.3) is 0 Å². The van der Waals surface area contributed by atoms with Crippen LogP contribution in [0, 0.1) is 5.92 Å². The van der Waals surface area contributed by atoms with E-state index in [9.17, 15) is 10.2 Å². The molecule has 2 heteroatoms. The molecule has 0 heterocycles. The van der Waals surface area contributed by atoms with Crippen LogP contribution >= 0.6 is 0 Å². The minimum atomic E-state index is -0.648. The van der Waals surface area contributed by atoms with Gasteiger partial charge in [-0.1, -0.05) is 55.5 Å². The zero-order valence-corrected chi connectivity index (χ0v) is 10.2. The molecule has 0 unspecified atom stereocenters. The van der Waals surface area contributed by atoms with Crippen LogP contribution < -0.4 is 0 Å². The molecule has 0 bridgehead atoms. The summed E-state index contributed by atoms with van der Waals surface area (Å²) in [5.41, 5.74) is 1.04. The van der Waals surface area contributed by atoms with E-state index in [0.717, 1.165) is 5.56 Å². The Kier molecular flexibility index (Phi) is 5.67. The molecule has 1 aromatic carbocycles. The fourth-order valence-electron chi connectivity index (χ4n) is 1.56. The summed E-state index contributed by atoms with van der Waals surface area (Å²) in [5.74, 6) is -0.201. The van der Waals surface area contributed by atoms with Crippen LogP contribution in [0.2, 0.25) is 0 Å². The molecule has 0 aliphatic heterocycles. The Morgan fingerprint density at radius 2 is 1.88 bits per heavy atom. The highest BCUT2D eigenvalue weighted by molar-refractivity contribution is 5.49. The Bertz CT molecular complexity index is 356. The summed E-state index contributed by atoms with van der Waals surface area (Å²) in [6.07, 6.45) is 4.54. The van der Waals surface area contributed by atoms with E-state index in [4.69, 9.17) is 0 Å². The fourth-order valence-corrected chi connectivity index (χ4v) is 1.56. The molecule has 0 fully saturated rings. The summed E-state index contributed by atoms with van der Waals surface area (Å²) in [7, 11) is 0. The quantitative estimate of drug-likeness (QED) is 0.740. The minimum Gasteiger partial charge on any atom is -0.392 e. The Balaban J connectivity index is 2.56. The third kappa shape index (κ3) is 4.55. The second-order valence-electron chi connectivity index (χ2n) is 4.21. The van der Waals surface area contributed by atoms with Gasteiger partial charge in [-0.05, 0) is 12.0 Å². The zero-order chi connectivity index (χ0) is 12.7. The number of rotatable bonds is 6. The van der Waals surface area contributed by atoms with Crippen molar-refractivity contribution >= 4 is 6.08 Å². The molecule has 0 aliphatic carbocycles. The van der Waals surface area contributed by atoms with Crippen LogP contribution in [0.25, 0.3) is 6.08 Å². The van der Waals surface area contributed by atoms with Crippen molar-refractivity contribution in [3.8, 4) is 0 Å². The molecule has 0 spiro atoms. The number of aliphatic hydroxyl groups excluding tert-OH is 2. The Hall–Kier alpha value is -1.38. The van der Waals surface area contributed by atoms with Crippen LogP contribution in [0.15, 0.2) is 49.1 Å². The van der Waals surface area contributed by atoms with Crippen molar-refractivity contribution in [3.05, 3.63) is 54.6 Å². The lowest BCUT2D eigenvalue weighted by Crippen LogP contribution is -2.27. The van der Waals surface area contributed by atoms with Gasteiger partial charge >= 0.3 is 0 Å². The topological polar surface area (TPSA) is 40.5 Å². The first-order valence-electron chi connectivity index (χ1n) is 5.85. The monoisotopic (exact) mass is 232 g/mol. The molecular weight excluding hydrogens is 212 g/mol. The third-order valence-corrected chi connectivity index (χ3v) is 2.84. The van der Waals surface area contributed by atoms with Crippen LogP contribution in [0.5, 0.6) is 0 Å². The number of aliphatic hydroxyl groups is 2. The summed E-state index contributed by atoms with van der Waals surface area (Å²) >= 11 is 0. The normalized spacial score (nSPS) is 16.6. The predicted octanol–water partition coefficient (Wildman–Crippen LogP) is 2.63. The van der Waals surface area contributed by atoms with Gasteiger partial charge in [-0.25, -0.2) is 0 Å². The van der Waals surface area contributed by atoms with Gasteiger partial charge in [0.05, 0.1) is 12.2 Å². The van der Waals surface area contributed by atoms with Crippen molar-refractivity contribution in [2.24, 2.45) is 5.92 Å². The van der Waals surface area contributed by atoms with Crippen molar-refractivity contribution < 1.29 is 10.2 Å². The highest BCUT2D eigenvalue weighted by atomic mass is 16.3. The van der Waals surface area contributed by atoms with E-state index in [1.54, 1.807) is 12.2 Å². The van der Waals surface area contributed by atoms with Crippen molar-refractivity contribution in [1.82, 2.24) is 0 Å². The van der Waals surface area contributed by atoms with E-state index in [1.165, 1.54) is 0 Å². The van der Waals surface area contributed by atoms with Gasteiger partial charge in [-0.3, -0.25) is 0 Å². The van der Waals surface area contributed by atoms with Gasteiger partial charge in [0, 0.05) is 5.92 Å². The van der Waals surface area contributed by atoms with Crippen LogP contribution in [-0.4, -0.2) is 22.4 Å². The van der Waals surface area contributed by atoms with Gasteiger partial charge in [0.2, 0.25) is 0 Å². The molecule has 3 atom stereocenters. The Labute approximate surface area is 103 Å². The molecule has 2 N–H and O–H groups in total. The minimum absolute atomic E-state index is 0.201. The van der Waals surface area contributed by atoms with Crippen molar-refractivity contribution in [2.75, 3.05) is 0 Å². The molecule has 0 aromatic heterocycles. The lowest BCUT2D eigenvalue weighted by molar-refractivity contribution is 0.0475. The highest BCUT2D eigenvalue weighted by Gasteiger charge is 2.18. The van der Waals surface area contributed by atoms with Crippen molar-refractivity contribution in [3.63, 3.8) is 0 Å². The lowest BCUT2D eigenvalue weighted by atomic mass is 9.95. The summed E-state index contributed by atoms with van der Waals surface area (Å²) in [4.78, 5) is 0. The van der Waals surface area contributed by atoms with E-state index >= 15 is 0 Å². The average Bonchev–Trinajstić information content (AvgIpc) is 2.36. The smallest absolute Gasteiger partial charge is 0.0774 e. The zero-order valence-electron chi connectivity index (χ0n) is 10.2. The molecule has 1 rings (SSSR count). The molecule has 1 aromatic rings. The summed E-state index contributed by atoms with van der Waals surface area (Å²) < 4.78 is 0. The molecule has 92 valence electrons. The Morgan fingerprint density at radius 1 is 1.24 bits per heavy atom.